The van der Waals surface area contributed by atoms with Gasteiger partial charge in [-0.2, -0.15) is 23.5 Å². The van der Waals surface area contributed by atoms with E-state index in [9.17, 15) is 28.0 Å². The Morgan fingerprint density at radius 1 is 1.24 bits per heavy atom. The largest absolute Gasteiger partial charge is 0.423 e. The highest BCUT2D eigenvalue weighted by molar-refractivity contribution is 5.76. The van der Waals surface area contributed by atoms with Gasteiger partial charge in [-0.05, 0) is 26.2 Å². The van der Waals surface area contributed by atoms with Gasteiger partial charge in [-0.25, -0.2) is 15.1 Å². The number of rotatable bonds is 9. The molecule has 0 aromatic carbocycles. The van der Waals surface area contributed by atoms with Crippen molar-refractivity contribution < 1.29 is 22.7 Å². The Bertz CT molecular complexity index is 1220. The molecular weight excluding hydrogens is 505 g/mol. The topological polar surface area (TPSA) is 140 Å². The number of nitriles is 1. The number of H-pyrrole nitrogens is 1. The highest BCUT2D eigenvalue weighted by Crippen LogP contribution is 2.42. The smallest absolute Gasteiger partial charge is 0.379 e. The molecule has 38 heavy (non-hydrogen) atoms. The average Bonchev–Trinajstić information content (AvgIpc) is 2.86. The highest BCUT2D eigenvalue weighted by atomic mass is 19.4. The lowest BCUT2D eigenvalue weighted by atomic mass is 9.66. The quantitative estimate of drug-likeness (QED) is 0.463. The van der Waals surface area contributed by atoms with Gasteiger partial charge < -0.3 is 19.9 Å². The van der Waals surface area contributed by atoms with Gasteiger partial charge in [0.05, 0.1) is 43.0 Å². The number of hydrogen-bond donors (Lipinski definition) is 2. The number of aromatic nitrogens is 4. The van der Waals surface area contributed by atoms with E-state index in [0.29, 0.717) is 32.1 Å². The fraction of sp³-hybridized carbons (Fsp3) is 0.583. The second-order valence-corrected chi connectivity index (χ2v) is 9.54. The minimum absolute atomic E-state index is 0.0333. The summed E-state index contributed by atoms with van der Waals surface area (Å²) < 4.78 is 45.0. The minimum atomic E-state index is -4.83. The number of ether oxygens (including phenoxy) is 1. The van der Waals surface area contributed by atoms with Gasteiger partial charge in [0.15, 0.2) is 0 Å². The van der Waals surface area contributed by atoms with Crippen molar-refractivity contribution >= 4 is 17.5 Å². The molecule has 2 fully saturated rings. The summed E-state index contributed by atoms with van der Waals surface area (Å²) in [5.74, 6) is 0.489. The number of alkyl halides is 3. The molecule has 4 rings (SSSR count). The molecule has 204 valence electrons. The van der Waals surface area contributed by atoms with Crippen molar-refractivity contribution in [3.05, 3.63) is 40.1 Å². The lowest BCUT2D eigenvalue weighted by molar-refractivity contribution is -0.138. The summed E-state index contributed by atoms with van der Waals surface area (Å²) in [6.07, 6.45) is 2.35. The molecule has 14 heteroatoms. The third-order valence-corrected chi connectivity index (χ3v) is 6.90. The summed E-state index contributed by atoms with van der Waals surface area (Å²) in [6.45, 7) is 3.88. The molecule has 0 bridgehead atoms. The maximum Gasteiger partial charge on any atom is 0.423 e. The normalized spacial score (nSPS) is 17.9. The zero-order valence-corrected chi connectivity index (χ0v) is 20.9. The third kappa shape index (κ3) is 6.04. The molecule has 1 aliphatic carbocycles. The van der Waals surface area contributed by atoms with E-state index in [1.807, 2.05) is 4.90 Å². The number of aromatic amines is 1. The van der Waals surface area contributed by atoms with Crippen molar-refractivity contribution in [3.8, 4) is 6.07 Å². The first-order chi connectivity index (χ1) is 18.1. The van der Waals surface area contributed by atoms with Gasteiger partial charge in [-0.1, -0.05) is 0 Å². The fourth-order valence-corrected chi connectivity index (χ4v) is 4.56. The Morgan fingerprint density at radius 3 is 2.50 bits per heavy atom. The van der Waals surface area contributed by atoms with E-state index < -0.39 is 34.4 Å². The van der Waals surface area contributed by atoms with E-state index in [4.69, 9.17) is 4.74 Å². The van der Waals surface area contributed by atoms with Gasteiger partial charge in [0.2, 0.25) is 11.9 Å². The van der Waals surface area contributed by atoms with Crippen molar-refractivity contribution in [1.29, 1.82) is 5.26 Å². The van der Waals surface area contributed by atoms with Crippen LogP contribution in [-0.2, 0) is 21.1 Å². The standard InChI is InChI=1S/C24H29F3N8O3/c1-16(32-18-13-31-33-21(37)20(18)24(25,26)27)14-38-10-3-19(36)34-6-8-35(9-7-34)22-29-11-17(12-30-22)23(15-28)4-2-5-23/h11-13,16H,2-10,14H2,1H3,(H2,32,33,37). The van der Waals surface area contributed by atoms with Crippen molar-refractivity contribution in [2.75, 3.05) is 49.6 Å². The van der Waals surface area contributed by atoms with Crippen LogP contribution in [0.25, 0.3) is 0 Å². The molecule has 0 spiro atoms. The SMILES string of the molecule is CC(COCCC(=O)N1CCN(c2ncc(C3(C#N)CCC3)cn2)CC1)Nc1cn[nH]c(=O)c1C(F)(F)F. The molecule has 3 heterocycles. The highest BCUT2D eigenvalue weighted by Gasteiger charge is 2.40. The molecule has 1 aliphatic heterocycles. The molecule has 2 aromatic rings. The Balaban J connectivity index is 1.18. The summed E-state index contributed by atoms with van der Waals surface area (Å²) in [7, 11) is 0. The first kappa shape index (κ1) is 27.3. The van der Waals surface area contributed by atoms with Gasteiger partial charge >= 0.3 is 6.18 Å². The van der Waals surface area contributed by atoms with Crippen molar-refractivity contribution in [2.45, 2.75) is 50.2 Å². The maximum absolute atomic E-state index is 13.2. The molecule has 2 N–H and O–H groups in total. The van der Waals surface area contributed by atoms with Crippen LogP contribution in [0, 0.1) is 11.3 Å². The number of amides is 1. The lowest BCUT2D eigenvalue weighted by Gasteiger charge is -2.36. The number of carbonyl (C=O) groups is 1. The molecule has 1 amide bonds. The molecule has 1 unspecified atom stereocenters. The predicted octanol–water partition coefficient (Wildman–Crippen LogP) is 2.08. The number of anilines is 2. The number of hydrogen-bond acceptors (Lipinski definition) is 9. The minimum Gasteiger partial charge on any atom is -0.379 e. The third-order valence-electron chi connectivity index (χ3n) is 6.90. The van der Waals surface area contributed by atoms with Crippen LogP contribution >= 0.6 is 0 Å². The molecular formula is C24H29F3N8O3. The van der Waals surface area contributed by atoms with E-state index in [0.717, 1.165) is 31.0 Å². The fourth-order valence-electron chi connectivity index (χ4n) is 4.56. The Morgan fingerprint density at radius 2 is 1.92 bits per heavy atom. The number of nitrogens with one attached hydrogen (secondary N) is 2. The second-order valence-electron chi connectivity index (χ2n) is 9.54. The van der Waals surface area contributed by atoms with E-state index in [2.05, 4.69) is 26.5 Å². The van der Waals surface area contributed by atoms with Crippen molar-refractivity contribution in [3.63, 3.8) is 0 Å². The first-order valence-corrected chi connectivity index (χ1v) is 12.4. The summed E-state index contributed by atoms with van der Waals surface area (Å²) in [6, 6.07) is 1.83. The van der Waals surface area contributed by atoms with Crippen LogP contribution in [-0.4, -0.2) is 76.4 Å². The number of halogens is 3. The molecule has 11 nitrogen and oxygen atoms in total. The summed E-state index contributed by atoms with van der Waals surface area (Å²) in [4.78, 5) is 36.8. The van der Waals surface area contributed by atoms with Crippen LogP contribution in [0.2, 0.25) is 0 Å². The summed E-state index contributed by atoms with van der Waals surface area (Å²) in [5, 5.41) is 17.3. The molecule has 1 saturated carbocycles. The van der Waals surface area contributed by atoms with Crippen LogP contribution in [0.1, 0.15) is 43.7 Å². The van der Waals surface area contributed by atoms with E-state index in [1.54, 1.807) is 29.3 Å². The maximum atomic E-state index is 13.2. The van der Waals surface area contributed by atoms with Crippen LogP contribution in [0.5, 0.6) is 0 Å². The molecule has 2 aromatic heterocycles. The lowest BCUT2D eigenvalue weighted by Crippen LogP contribution is -2.49. The average molecular weight is 535 g/mol. The zero-order valence-electron chi connectivity index (χ0n) is 20.9. The zero-order chi connectivity index (χ0) is 27.3. The van der Waals surface area contributed by atoms with Gasteiger partial charge in [-0.15, -0.1) is 0 Å². The first-order valence-electron chi connectivity index (χ1n) is 12.4. The Labute approximate surface area is 217 Å². The van der Waals surface area contributed by atoms with Crippen LogP contribution < -0.4 is 15.8 Å². The van der Waals surface area contributed by atoms with Gasteiger partial charge in [0.25, 0.3) is 5.56 Å². The monoisotopic (exact) mass is 534 g/mol. The van der Waals surface area contributed by atoms with E-state index in [1.165, 1.54) is 0 Å². The molecule has 0 radical (unpaired) electrons. The molecule has 2 aliphatic rings. The number of nitrogens with zero attached hydrogens (tertiary/aromatic N) is 6. The summed E-state index contributed by atoms with van der Waals surface area (Å²) >= 11 is 0. The Hall–Kier alpha value is -3.73. The van der Waals surface area contributed by atoms with Crippen LogP contribution in [0.3, 0.4) is 0 Å². The second kappa shape index (κ2) is 11.3. The Kier molecular flexibility index (Phi) is 8.15. The van der Waals surface area contributed by atoms with Gasteiger partial charge in [0, 0.05) is 50.2 Å². The van der Waals surface area contributed by atoms with E-state index >= 15 is 0 Å². The van der Waals surface area contributed by atoms with Crippen molar-refractivity contribution in [2.24, 2.45) is 0 Å². The number of piperazine rings is 1. The molecule has 1 atom stereocenters. The molecule has 1 saturated heterocycles. The summed E-state index contributed by atoms with van der Waals surface area (Å²) in [5.41, 5.74) is -2.71. The van der Waals surface area contributed by atoms with Crippen LogP contribution in [0.15, 0.2) is 23.4 Å². The van der Waals surface area contributed by atoms with Crippen molar-refractivity contribution in [1.82, 2.24) is 25.1 Å². The predicted molar refractivity (Wildman–Crippen MR) is 130 cm³/mol. The van der Waals surface area contributed by atoms with E-state index in [-0.39, 0.29) is 25.5 Å². The van der Waals surface area contributed by atoms with Gasteiger partial charge in [0.1, 0.15) is 5.56 Å². The van der Waals surface area contributed by atoms with Crippen LogP contribution in [0.4, 0.5) is 24.8 Å². The van der Waals surface area contributed by atoms with Gasteiger partial charge in [-0.3, -0.25) is 9.59 Å². The number of carbonyl (C=O) groups excluding carboxylic acids is 1.